The smallest absolute Gasteiger partial charge is 0.0410 e. The van der Waals surface area contributed by atoms with Crippen LogP contribution in [-0.2, 0) is 5.41 Å². The van der Waals surface area contributed by atoms with Gasteiger partial charge in [0.25, 0.3) is 0 Å². The van der Waals surface area contributed by atoms with E-state index in [0.29, 0.717) is 0 Å². The van der Waals surface area contributed by atoms with Crippen LogP contribution in [0.3, 0.4) is 0 Å². The Morgan fingerprint density at radius 2 is 2.00 bits per heavy atom. The molecular weight excluding hydrogens is 178 g/mol. The molecule has 0 aliphatic rings. The molecule has 0 radical (unpaired) electrons. The van der Waals surface area contributed by atoms with E-state index in [2.05, 4.69) is 37.2 Å². The van der Waals surface area contributed by atoms with Gasteiger partial charge < -0.3 is 0 Å². The molecule has 0 saturated carbocycles. The molecule has 0 aliphatic carbocycles. The van der Waals surface area contributed by atoms with E-state index in [1.165, 1.54) is 15.6 Å². The summed E-state index contributed by atoms with van der Waals surface area (Å²) >= 11 is 1.80. The summed E-state index contributed by atoms with van der Waals surface area (Å²) in [6.07, 6.45) is 3.92. The summed E-state index contributed by atoms with van der Waals surface area (Å²) in [5.41, 5.74) is 1.54. The van der Waals surface area contributed by atoms with Crippen LogP contribution < -0.4 is 0 Å². The molecular formula is C11H13NS. The Kier molecular flexibility index (Phi) is 1.88. The largest absolute Gasteiger partial charge is 0.264 e. The van der Waals surface area contributed by atoms with Crippen LogP contribution in [0.25, 0.3) is 10.1 Å². The number of hydrogen-bond donors (Lipinski definition) is 0. The van der Waals surface area contributed by atoms with E-state index in [0.717, 1.165) is 0 Å². The van der Waals surface area contributed by atoms with Crippen molar-refractivity contribution in [3.05, 3.63) is 29.4 Å². The van der Waals surface area contributed by atoms with Crippen molar-refractivity contribution in [2.75, 3.05) is 0 Å². The third kappa shape index (κ3) is 1.46. The van der Waals surface area contributed by atoms with Gasteiger partial charge in [-0.15, -0.1) is 11.3 Å². The molecule has 0 bridgehead atoms. The van der Waals surface area contributed by atoms with E-state index in [-0.39, 0.29) is 5.41 Å². The lowest BCUT2D eigenvalue weighted by Gasteiger charge is -2.18. The second-order valence-corrected chi connectivity index (χ2v) is 5.19. The first-order valence-corrected chi connectivity index (χ1v) is 5.29. The number of rotatable bonds is 0. The molecule has 0 aromatic carbocycles. The molecule has 0 aliphatic heterocycles. The van der Waals surface area contributed by atoms with Gasteiger partial charge in [-0.1, -0.05) is 20.8 Å². The fourth-order valence-electron chi connectivity index (χ4n) is 1.42. The summed E-state index contributed by atoms with van der Waals surface area (Å²) in [5.74, 6) is 0. The number of nitrogens with zero attached hydrogens (tertiary/aromatic N) is 1. The summed E-state index contributed by atoms with van der Waals surface area (Å²) in [5, 5.41) is 3.39. The molecule has 2 heterocycles. The quantitative estimate of drug-likeness (QED) is 0.620. The Hall–Kier alpha value is -0.890. The van der Waals surface area contributed by atoms with E-state index in [1.807, 2.05) is 12.4 Å². The zero-order chi connectivity index (χ0) is 9.47. The van der Waals surface area contributed by atoms with Crippen LogP contribution in [0.1, 0.15) is 26.3 Å². The van der Waals surface area contributed by atoms with Gasteiger partial charge in [0, 0.05) is 22.5 Å². The molecule has 2 aromatic rings. The third-order valence-corrected chi connectivity index (χ3v) is 3.13. The molecule has 0 N–H and O–H groups in total. The summed E-state index contributed by atoms with van der Waals surface area (Å²) in [6, 6.07) is 2.13. The van der Waals surface area contributed by atoms with Gasteiger partial charge in [0.15, 0.2) is 0 Å². The Bertz CT molecular complexity index is 423. The van der Waals surface area contributed by atoms with Gasteiger partial charge >= 0.3 is 0 Å². The van der Waals surface area contributed by atoms with E-state index in [9.17, 15) is 0 Å². The minimum atomic E-state index is 0.192. The van der Waals surface area contributed by atoms with Crippen molar-refractivity contribution in [2.24, 2.45) is 0 Å². The predicted molar refractivity (Wildman–Crippen MR) is 58.3 cm³/mol. The van der Waals surface area contributed by atoms with Crippen molar-refractivity contribution < 1.29 is 0 Å². The highest BCUT2D eigenvalue weighted by Gasteiger charge is 2.17. The average Bonchev–Trinajstić information content (AvgIpc) is 2.48. The average molecular weight is 191 g/mol. The van der Waals surface area contributed by atoms with Gasteiger partial charge in [-0.25, -0.2) is 0 Å². The standard InChI is InChI=1S/C11H13NS/c1-11(2,3)9-7-12-6-8-4-5-13-10(8)9/h4-7H,1-3H3. The molecule has 0 atom stereocenters. The Morgan fingerprint density at radius 1 is 1.23 bits per heavy atom. The van der Waals surface area contributed by atoms with Gasteiger partial charge in [0.2, 0.25) is 0 Å². The zero-order valence-corrected chi connectivity index (χ0v) is 8.98. The fourth-order valence-corrected chi connectivity index (χ4v) is 2.52. The van der Waals surface area contributed by atoms with E-state index < -0.39 is 0 Å². The monoisotopic (exact) mass is 191 g/mol. The van der Waals surface area contributed by atoms with Gasteiger partial charge in [-0.3, -0.25) is 4.98 Å². The first-order chi connectivity index (χ1) is 6.09. The zero-order valence-electron chi connectivity index (χ0n) is 8.16. The first kappa shape index (κ1) is 8.70. The van der Waals surface area contributed by atoms with Crippen LogP contribution in [0.4, 0.5) is 0 Å². The minimum absolute atomic E-state index is 0.192. The summed E-state index contributed by atoms with van der Waals surface area (Å²) in [4.78, 5) is 4.26. The molecule has 2 heteroatoms. The van der Waals surface area contributed by atoms with Crippen LogP contribution in [0, 0.1) is 0 Å². The number of fused-ring (bicyclic) bond motifs is 1. The summed E-state index contributed by atoms with van der Waals surface area (Å²) in [7, 11) is 0. The van der Waals surface area contributed by atoms with Crippen LogP contribution in [-0.4, -0.2) is 4.98 Å². The molecule has 0 amide bonds. The van der Waals surface area contributed by atoms with E-state index in [4.69, 9.17) is 0 Å². The molecule has 1 nitrogen and oxygen atoms in total. The highest BCUT2D eigenvalue weighted by Crippen LogP contribution is 2.32. The van der Waals surface area contributed by atoms with E-state index in [1.54, 1.807) is 11.3 Å². The Morgan fingerprint density at radius 3 is 2.69 bits per heavy atom. The van der Waals surface area contributed by atoms with Crippen LogP contribution in [0.5, 0.6) is 0 Å². The third-order valence-electron chi connectivity index (χ3n) is 2.17. The predicted octanol–water partition coefficient (Wildman–Crippen LogP) is 3.59. The van der Waals surface area contributed by atoms with Crippen molar-refractivity contribution in [3.8, 4) is 0 Å². The summed E-state index contributed by atoms with van der Waals surface area (Å²) < 4.78 is 1.38. The lowest BCUT2D eigenvalue weighted by Crippen LogP contribution is -2.11. The normalized spacial score (nSPS) is 12.2. The molecule has 0 unspecified atom stereocenters. The lowest BCUT2D eigenvalue weighted by molar-refractivity contribution is 0.594. The maximum atomic E-state index is 4.26. The molecule has 13 heavy (non-hydrogen) atoms. The maximum Gasteiger partial charge on any atom is 0.0410 e. The van der Waals surface area contributed by atoms with Crippen molar-refractivity contribution in [1.82, 2.24) is 4.98 Å². The highest BCUT2D eigenvalue weighted by molar-refractivity contribution is 7.17. The van der Waals surface area contributed by atoms with Gasteiger partial charge in [0.05, 0.1) is 0 Å². The highest BCUT2D eigenvalue weighted by atomic mass is 32.1. The van der Waals surface area contributed by atoms with Gasteiger partial charge in [-0.05, 0) is 22.4 Å². The van der Waals surface area contributed by atoms with Crippen molar-refractivity contribution >= 4 is 21.4 Å². The van der Waals surface area contributed by atoms with Crippen molar-refractivity contribution in [1.29, 1.82) is 0 Å². The Labute approximate surface area is 82.4 Å². The molecule has 2 rings (SSSR count). The molecule has 0 spiro atoms. The molecule has 0 fully saturated rings. The fraction of sp³-hybridized carbons (Fsp3) is 0.364. The SMILES string of the molecule is CC(C)(C)c1cncc2ccsc12. The number of pyridine rings is 1. The van der Waals surface area contributed by atoms with Crippen molar-refractivity contribution in [3.63, 3.8) is 0 Å². The number of thiophene rings is 1. The van der Waals surface area contributed by atoms with Crippen LogP contribution in [0.15, 0.2) is 23.8 Å². The molecule has 2 aromatic heterocycles. The van der Waals surface area contributed by atoms with Crippen molar-refractivity contribution in [2.45, 2.75) is 26.2 Å². The van der Waals surface area contributed by atoms with Crippen LogP contribution in [0.2, 0.25) is 0 Å². The number of aromatic nitrogens is 1. The van der Waals surface area contributed by atoms with Gasteiger partial charge in [0.1, 0.15) is 0 Å². The molecule has 0 saturated heterocycles. The summed E-state index contributed by atoms with van der Waals surface area (Å²) in [6.45, 7) is 6.68. The minimum Gasteiger partial charge on any atom is -0.264 e. The van der Waals surface area contributed by atoms with Crippen LogP contribution >= 0.6 is 11.3 Å². The second kappa shape index (κ2) is 2.81. The Balaban J connectivity index is 2.75. The topological polar surface area (TPSA) is 12.9 Å². The number of hydrogen-bond acceptors (Lipinski definition) is 2. The molecule has 68 valence electrons. The maximum absolute atomic E-state index is 4.26. The van der Waals surface area contributed by atoms with E-state index >= 15 is 0 Å². The lowest BCUT2D eigenvalue weighted by atomic mass is 9.88. The second-order valence-electron chi connectivity index (χ2n) is 4.28. The van der Waals surface area contributed by atoms with Gasteiger partial charge in [-0.2, -0.15) is 0 Å². The first-order valence-electron chi connectivity index (χ1n) is 4.41.